The van der Waals surface area contributed by atoms with Crippen molar-refractivity contribution in [1.29, 1.82) is 5.26 Å². The lowest BCUT2D eigenvalue weighted by molar-refractivity contribution is 0.506. The number of rotatable bonds is 3. The minimum absolute atomic E-state index is 0.319. The highest BCUT2D eigenvalue weighted by Crippen LogP contribution is 2.12. The van der Waals surface area contributed by atoms with Gasteiger partial charge in [0.2, 0.25) is 10.9 Å². The van der Waals surface area contributed by atoms with Crippen LogP contribution in [0.15, 0.2) is 22.1 Å². The monoisotopic (exact) mass is 206 g/mol. The summed E-state index contributed by atoms with van der Waals surface area (Å²) < 4.78 is 5.16. The molecule has 0 saturated heterocycles. The number of nitriles is 1. The van der Waals surface area contributed by atoms with Gasteiger partial charge >= 0.3 is 0 Å². The molecule has 0 aliphatic carbocycles. The molecule has 0 saturated carbocycles. The minimum Gasteiger partial charge on any atom is -0.449 e. The lowest BCUT2D eigenvalue weighted by Crippen LogP contribution is -1.97. The third-order valence-electron chi connectivity index (χ3n) is 1.55. The Balaban J connectivity index is 1.96. The number of furan rings is 1. The Kier molecular flexibility index (Phi) is 2.42. The standard InChI is InChI=1S/C8H6N4OS/c9-3-6-1-2-7(13-6)4-10-8-12-11-5-14-8/h1-2,5H,4H2,(H,10,12). The van der Waals surface area contributed by atoms with Gasteiger partial charge in [0.25, 0.3) is 0 Å². The normalized spacial score (nSPS) is 9.64. The Morgan fingerprint density at radius 2 is 2.50 bits per heavy atom. The SMILES string of the molecule is N#Cc1ccc(CNc2nncs2)o1. The van der Waals surface area contributed by atoms with Gasteiger partial charge in [-0.05, 0) is 12.1 Å². The molecule has 0 aromatic carbocycles. The van der Waals surface area contributed by atoms with Crippen LogP contribution in [-0.4, -0.2) is 10.2 Å². The van der Waals surface area contributed by atoms with Crippen molar-refractivity contribution in [2.45, 2.75) is 6.54 Å². The Morgan fingerprint density at radius 3 is 3.14 bits per heavy atom. The maximum absolute atomic E-state index is 8.52. The molecule has 0 fully saturated rings. The van der Waals surface area contributed by atoms with E-state index in [1.807, 2.05) is 6.07 Å². The Hall–Kier alpha value is -1.87. The number of hydrogen-bond acceptors (Lipinski definition) is 6. The van der Waals surface area contributed by atoms with Gasteiger partial charge in [0.1, 0.15) is 17.3 Å². The fourth-order valence-corrected chi connectivity index (χ4v) is 1.39. The summed E-state index contributed by atoms with van der Waals surface area (Å²) in [4.78, 5) is 0. The Bertz CT molecular complexity index is 442. The number of nitrogens with zero attached hydrogens (tertiary/aromatic N) is 3. The van der Waals surface area contributed by atoms with Gasteiger partial charge in [0, 0.05) is 0 Å². The van der Waals surface area contributed by atoms with Gasteiger partial charge in [-0.3, -0.25) is 0 Å². The van der Waals surface area contributed by atoms with E-state index in [9.17, 15) is 0 Å². The van der Waals surface area contributed by atoms with E-state index in [2.05, 4.69) is 15.5 Å². The van der Waals surface area contributed by atoms with Crippen LogP contribution in [0.1, 0.15) is 11.5 Å². The van der Waals surface area contributed by atoms with Crippen molar-refractivity contribution in [3.63, 3.8) is 0 Å². The number of nitrogens with one attached hydrogen (secondary N) is 1. The molecule has 0 spiro atoms. The second kappa shape index (κ2) is 3.89. The molecule has 1 N–H and O–H groups in total. The summed E-state index contributed by atoms with van der Waals surface area (Å²) in [5.41, 5.74) is 1.64. The highest BCUT2D eigenvalue weighted by Gasteiger charge is 2.01. The average Bonchev–Trinajstić information content (AvgIpc) is 2.86. The first-order valence-electron chi connectivity index (χ1n) is 3.87. The first-order chi connectivity index (χ1) is 6.88. The predicted molar refractivity (Wildman–Crippen MR) is 50.7 cm³/mol. The summed E-state index contributed by atoms with van der Waals surface area (Å²) in [5, 5.41) is 19.8. The van der Waals surface area contributed by atoms with Crippen LogP contribution in [-0.2, 0) is 6.54 Å². The molecule has 0 radical (unpaired) electrons. The first kappa shape index (κ1) is 8.72. The van der Waals surface area contributed by atoms with Gasteiger partial charge in [-0.25, -0.2) is 0 Å². The summed E-state index contributed by atoms with van der Waals surface area (Å²) in [6.45, 7) is 0.511. The van der Waals surface area contributed by atoms with E-state index in [1.54, 1.807) is 17.6 Å². The van der Waals surface area contributed by atoms with E-state index in [0.717, 1.165) is 5.13 Å². The molecular formula is C8H6N4OS. The summed E-state index contributed by atoms with van der Waals surface area (Å²) >= 11 is 1.41. The van der Waals surface area contributed by atoms with Crippen molar-refractivity contribution in [3.8, 4) is 6.07 Å². The highest BCUT2D eigenvalue weighted by molar-refractivity contribution is 7.13. The molecule has 0 atom stereocenters. The van der Waals surface area contributed by atoms with Crippen LogP contribution in [0, 0.1) is 11.3 Å². The molecule has 0 amide bonds. The van der Waals surface area contributed by atoms with E-state index >= 15 is 0 Å². The van der Waals surface area contributed by atoms with Crippen LogP contribution < -0.4 is 5.32 Å². The summed E-state index contributed by atoms with van der Waals surface area (Å²) in [7, 11) is 0. The fraction of sp³-hybridized carbons (Fsp3) is 0.125. The van der Waals surface area contributed by atoms with E-state index in [4.69, 9.17) is 9.68 Å². The zero-order valence-corrected chi connectivity index (χ0v) is 7.91. The van der Waals surface area contributed by atoms with Crippen molar-refractivity contribution >= 4 is 16.5 Å². The van der Waals surface area contributed by atoms with Crippen molar-refractivity contribution < 1.29 is 4.42 Å². The molecule has 2 rings (SSSR count). The highest BCUT2D eigenvalue weighted by atomic mass is 32.1. The van der Waals surface area contributed by atoms with Gasteiger partial charge in [0.05, 0.1) is 6.54 Å². The topological polar surface area (TPSA) is 74.7 Å². The molecule has 0 aliphatic rings. The van der Waals surface area contributed by atoms with Crippen LogP contribution >= 0.6 is 11.3 Å². The van der Waals surface area contributed by atoms with Crippen molar-refractivity contribution in [3.05, 3.63) is 29.2 Å². The molecule has 0 aliphatic heterocycles. The van der Waals surface area contributed by atoms with Gasteiger partial charge in [-0.1, -0.05) is 11.3 Å². The van der Waals surface area contributed by atoms with E-state index in [-0.39, 0.29) is 0 Å². The smallest absolute Gasteiger partial charge is 0.205 e. The molecule has 5 nitrogen and oxygen atoms in total. The van der Waals surface area contributed by atoms with E-state index in [0.29, 0.717) is 18.1 Å². The van der Waals surface area contributed by atoms with Crippen molar-refractivity contribution in [2.24, 2.45) is 0 Å². The largest absolute Gasteiger partial charge is 0.449 e. The minimum atomic E-state index is 0.319. The lowest BCUT2D eigenvalue weighted by atomic mass is 10.4. The first-order valence-corrected chi connectivity index (χ1v) is 4.75. The van der Waals surface area contributed by atoms with Crippen molar-refractivity contribution in [2.75, 3.05) is 5.32 Å². The zero-order valence-electron chi connectivity index (χ0n) is 7.10. The lowest BCUT2D eigenvalue weighted by Gasteiger charge is -1.96. The molecule has 6 heteroatoms. The second-order valence-corrected chi connectivity index (χ2v) is 3.31. The van der Waals surface area contributed by atoms with Gasteiger partial charge in [0.15, 0.2) is 0 Å². The summed E-state index contributed by atoms with van der Waals surface area (Å²) in [6, 6.07) is 5.31. The summed E-state index contributed by atoms with van der Waals surface area (Å²) in [6.07, 6.45) is 0. The third kappa shape index (κ3) is 1.89. The molecule has 2 aromatic rings. The average molecular weight is 206 g/mol. The quantitative estimate of drug-likeness (QED) is 0.825. The number of hydrogen-bond donors (Lipinski definition) is 1. The fourth-order valence-electron chi connectivity index (χ4n) is 0.946. The Labute approximate surface area is 84.0 Å². The third-order valence-corrected chi connectivity index (χ3v) is 2.19. The van der Waals surface area contributed by atoms with Crippen LogP contribution in [0.2, 0.25) is 0 Å². The molecule has 2 aromatic heterocycles. The molecule has 0 unspecified atom stereocenters. The van der Waals surface area contributed by atoms with Gasteiger partial charge in [-0.2, -0.15) is 5.26 Å². The number of aromatic nitrogens is 2. The van der Waals surface area contributed by atoms with Crippen LogP contribution in [0.4, 0.5) is 5.13 Å². The molecule has 70 valence electrons. The van der Waals surface area contributed by atoms with E-state index < -0.39 is 0 Å². The van der Waals surface area contributed by atoms with Gasteiger partial charge < -0.3 is 9.73 Å². The molecule has 14 heavy (non-hydrogen) atoms. The maximum atomic E-state index is 8.52. The number of anilines is 1. The predicted octanol–water partition coefficient (Wildman–Crippen LogP) is 1.61. The maximum Gasteiger partial charge on any atom is 0.205 e. The van der Waals surface area contributed by atoms with Crippen LogP contribution in [0.5, 0.6) is 0 Å². The zero-order chi connectivity index (χ0) is 9.80. The summed E-state index contributed by atoms with van der Waals surface area (Å²) in [5.74, 6) is 1.02. The van der Waals surface area contributed by atoms with Crippen LogP contribution in [0.3, 0.4) is 0 Å². The van der Waals surface area contributed by atoms with Crippen LogP contribution in [0.25, 0.3) is 0 Å². The van der Waals surface area contributed by atoms with Gasteiger partial charge in [-0.15, -0.1) is 10.2 Å². The Morgan fingerprint density at radius 1 is 1.57 bits per heavy atom. The molecular weight excluding hydrogens is 200 g/mol. The molecule has 0 bridgehead atoms. The van der Waals surface area contributed by atoms with Crippen molar-refractivity contribution in [1.82, 2.24) is 10.2 Å². The second-order valence-electron chi connectivity index (χ2n) is 2.48. The molecule has 2 heterocycles. The van der Waals surface area contributed by atoms with E-state index in [1.165, 1.54) is 11.3 Å².